The summed E-state index contributed by atoms with van der Waals surface area (Å²) in [6.07, 6.45) is 3.21. The summed E-state index contributed by atoms with van der Waals surface area (Å²) in [5, 5.41) is 0. The number of hydrogen-bond acceptors (Lipinski definition) is 5. The summed E-state index contributed by atoms with van der Waals surface area (Å²) < 4.78 is 6.16. The molecule has 1 aromatic rings. The Kier molecular flexibility index (Phi) is 4.88. The maximum absolute atomic E-state index is 12.1. The minimum absolute atomic E-state index is 0.00440. The predicted molar refractivity (Wildman–Crippen MR) is 68.6 cm³/mol. The number of esters is 1. The van der Waals surface area contributed by atoms with E-state index in [4.69, 9.17) is 0 Å². The van der Waals surface area contributed by atoms with Gasteiger partial charge in [-0.1, -0.05) is 13.8 Å². The largest absolute Gasteiger partial charge is 0.468 e. The van der Waals surface area contributed by atoms with E-state index in [0.29, 0.717) is 12.5 Å². The van der Waals surface area contributed by atoms with Crippen molar-refractivity contribution in [3.63, 3.8) is 0 Å². The number of hydrogen-bond donors (Lipinski definition) is 0. The molecule has 0 atom stereocenters. The first-order chi connectivity index (χ1) is 8.45. The fourth-order valence-electron chi connectivity index (χ4n) is 1.57. The molecule has 6 nitrogen and oxygen atoms in total. The second-order valence-corrected chi connectivity index (χ2v) is 4.53. The fraction of sp³-hybridized carbons (Fsp3) is 0.583. The summed E-state index contributed by atoms with van der Waals surface area (Å²) >= 11 is 0. The van der Waals surface area contributed by atoms with Crippen LogP contribution in [0.2, 0.25) is 0 Å². The van der Waals surface area contributed by atoms with Crippen molar-refractivity contribution in [2.75, 3.05) is 25.6 Å². The first kappa shape index (κ1) is 14.2. The van der Waals surface area contributed by atoms with Crippen LogP contribution in [0.1, 0.15) is 13.8 Å². The molecule has 0 N–H and O–H groups in total. The van der Waals surface area contributed by atoms with Crippen LogP contribution in [0.15, 0.2) is 17.2 Å². The normalized spacial score (nSPS) is 10.5. The molecule has 0 saturated heterocycles. The number of carbonyl (C=O) groups is 1. The molecule has 0 radical (unpaired) electrons. The predicted octanol–water partition coefficient (Wildman–Crippen LogP) is 0.508. The molecule has 0 bridgehead atoms. The van der Waals surface area contributed by atoms with Gasteiger partial charge in [-0.3, -0.25) is 9.59 Å². The zero-order chi connectivity index (χ0) is 13.7. The molecule has 18 heavy (non-hydrogen) atoms. The van der Waals surface area contributed by atoms with Crippen LogP contribution in [0.25, 0.3) is 0 Å². The SMILES string of the molecule is COC(=O)CN(C)c1nccn(CC(C)C)c1=O. The second kappa shape index (κ2) is 6.18. The van der Waals surface area contributed by atoms with Crippen molar-refractivity contribution in [2.24, 2.45) is 5.92 Å². The Bertz CT molecular complexity index is 468. The Hall–Kier alpha value is -1.85. The zero-order valence-electron chi connectivity index (χ0n) is 11.2. The highest BCUT2D eigenvalue weighted by molar-refractivity contribution is 5.74. The molecular weight excluding hydrogens is 234 g/mol. The van der Waals surface area contributed by atoms with Gasteiger partial charge in [0.25, 0.3) is 5.56 Å². The number of anilines is 1. The maximum atomic E-state index is 12.1. The summed E-state index contributed by atoms with van der Waals surface area (Å²) in [5.74, 6) is 0.213. The highest BCUT2D eigenvalue weighted by atomic mass is 16.5. The minimum atomic E-state index is -0.405. The summed E-state index contributed by atoms with van der Waals surface area (Å²) in [6.45, 7) is 4.69. The van der Waals surface area contributed by atoms with Gasteiger partial charge in [-0.2, -0.15) is 0 Å². The number of aromatic nitrogens is 2. The quantitative estimate of drug-likeness (QED) is 0.715. The van der Waals surface area contributed by atoms with E-state index in [-0.39, 0.29) is 17.9 Å². The van der Waals surface area contributed by atoms with Gasteiger partial charge in [0.2, 0.25) is 0 Å². The van der Waals surface area contributed by atoms with Gasteiger partial charge < -0.3 is 14.2 Å². The lowest BCUT2D eigenvalue weighted by Crippen LogP contribution is -2.34. The molecule has 6 heteroatoms. The van der Waals surface area contributed by atoms with Gasteiger partial charge in [0.05, 0.1) is 7.11 Å². The van der Waals surface area contributed by atoms with Crippen LogP contribution in [-0.2, 0) is 16.1 Å². The Morgan fingerprint density at radius 1 is 1.56 bits per heavy atom. The average molecular weight is 253 g/mol. The third-order valence-corrected chi connectivity index (χ3v) is 2.41. The van der Waals surface area contributed by atoms with E-state index in [0.717, 1.165) is 0 Å². The van der Waals surface area contributed by atoms with Gasteiger partial charge in [-0.05, 0) is 5.92 Å². The molecule has 0 amide bonds. The van der Waals surface area contributed by atoms with Crippen molar-refractivity contribution < 1.29 is 9.53 Å². The lowest BCUT2D eigenvalue weighted by Gasteiger charge is -2.17. The Morgan fingerprint density at radius 3 is 2.78 bits per heavy atom. The Morgan fingerprint density at radius 2 is 2.22 bits per heavy atom. The number of methoxy groups -OCH3 is 1. The van der Waals surface area contributed by atoms with Crippen molar-refractivity contribution in [3.05, 3.63) is 22.7 Å². The molecule has 100 valence electrons. The molecule has 0 saturated carbocycles. The molecule has 1 heterocycles. The van der Waals surface area contributed by atoms with Gasteiger partial charge >= 0.3 is 5.97 Å². The third kappa shape index (κ3) is 3.58. The molecule has 1 aromatic heterocycles. The van der Waals surface area contributed by atoms with E-state index >= 15 is 0 Å². The van der Waals surface area contributed by atoms with Crippen molar-refractivity contribution in [1.29, 1.82) is 0 Å². The summed E-state index contributed by atoms with van der Waals surface area (Å²) in [5.41, 5.74) is -0.197. The summed E-state index contributed by atoms with van der Waals surface area (Å²) in [7, 11) is 2.95. The number of likely N-dealkylation sites (N-methyl/N-ethyl adjacent to an activating group) is 1. The van der Waals surface area contributed by atoms with Crippen LogP contribution in [0.4, 0.5) is 5.82 Å². The fourth-order valence-corrected chi connectivity index (χ4v) is 1.57. The number of ether oxygens (including phenoxy) is 1. The van der Waals surface area contributed by atoms with E-state index in [1.807, 2.05) is 13.8 Å². The van der Waals surface area contributed by atoms with Gasteiger partial charge in [-0.15, -0.1) is 0 Å². The number of rotatable bonds is 5. The molecule has 0 unspecified atom stereocenters. The number of carbonyl (C=O) groups excluding carboxylic acids is 1. The van der Waals surface area contributed by atoms with E-state index in [2.05, 4.69) is 9.72 Å². The number of nitrogens with zero attached hydrogens (tertiary/aromatic N) is 3. The standard InChI is InChI=1S/C12H19N3O3/c1-9(2)7-15-6-5-13-11(12(15)17)14(3)8-10(16)18-4/h5-6,9H,7-8H2,1-4H3. The molecule has 0 aliphatic heterocycles. The summed E-state index contributed by atoms with van der Waals surface area (Å²) in [6, 6.07) is 0. The van der Waals surface area contributed by atoms with Crippen LogP contribution in [0, 0.1) is 5.92 Å². The Labute approximate surface area is 106 Å². The van der Waals surface area contributed by atoms with E-state index in [1.165, 1.54) is 12.0 Å². The lowest BCUT2D eigenvalue weighted by atomic mass is 10.2. The topological polar surface area (TPSA) is 64.4 Å². The summed E-state index contributed by atoms with van der Waals surface area (Å²) in [4.78, 5) is 28.8. The highest BCUT2D eigenvalue weighted by Gasteiger charge is 2.13. The van der Waals surface area contributed by atoms with Crippen LogP contribution >= 0.6 is 0 Å². The van der Waals surface area contributed by atoms with Gasteiger partial charge in [-0.25, -0.2) is 4.98 Å². The molecule has 0 aromatic carbocycles. The van der Waals surface area contributed by atoms with Crippen molar-refractivity contribution in [1.82, 2.24) is 9.55 Å². The maximum Gasteiger partial charge on any atom is 0.325 e. The first-order valence-electron chi connectivity index (χ1n) is 5.79. The molecular formula is C12H19N3O3. The molecule has 0 spiro atoms. The van der Waals surface area contributed by atoms with Crippen molar-refractivity contribution in [3.8, 4) is 0 Å². The van der Waals surface area contributed by atoms with E-state index in [9.17, 15) is 9.59 Å². The van der Waals surface area contributed by atoms with Gasteiger partial charge in [0, 0.05) is 26.0 Å². The van der Waals surface area contributed by atoms with Crippen molar-refractivity contribution in [2.45, 2.75) is 20.4 Å². The molecule has 0 aliphatic carbocycles. The molecule has 0 aliphatic rings. The average Bonchev–Trinajstić information content (AvgIpc) is 2.31. The Balaban J connectivity index is 2.96. The van der Waals surface area contributed by atoms with E-state index < -0.39 is 5.97 Å². The smallest absolute Gasteiger partial charge is 0.325 e. The second-order valence-electron chi connectivity index (χ2n) is 4.53. The molecule has 0 fully saturated rings. The first-order valence-corrected chi connectivity index (χ1v) is 5.79. The monoisotopic (exact) mass is 253 g/mol. The van der Waals surface area contributed by atoms with Crippen LogP contribution in [0.5, 0.6) is 0 Å². The van der Waals surface area contributed by atoms with Gasteiger partial charge in [0.1, 0.15) is 6.54 Å². The zero-order valence-corrected chi connectivity index (χ0v) is 11.2. The minimum Gasteiger partial charge on any atom is -0.468 e. The molecule has 1 rings (SSSR count). The van der Waals surface area contributed by atoms with Crippen LogP contribution < -0.4 is 10.5 Å². The lowest BCUT2D eigenvalue weighted by molar-refractivity contribution is -0.138. The highest BCUT2D eigenvalue weighted by Crippen LogP contribution is 2.02. The van der Waals surface area contributed by atoms with Gasteiger partial charge in [0.15, 0.2) is 5.82 Å². The van der Waals surface area contributed by atoms with Crippen LogP contribution in [0.3, 0.4) is 0 Å². The van der Waals surface area contributed by atoms with E-state index in [1.54, 1.807) is 24.0 Å². The third-order valence-electron chi connectivity index (χ3n) is 2.41. The van der Waals surface area contributed by atoms with Crippen LogP contribution in [-0.4, -0.2) is 36.2 Å². The van der Waals surface area contributed by atoms with Crippen molar-refractivity contribution >= 4 is 11.8 Å².